The molecule has 1 saturated heterocycles. The Bertz CT molecular complexity index is 512. The third-order valence-electron chi connectivity index (χ3n) is 5.72. The summed E-state index contributed by atoms with van der Waals surface area (Å²) >= 11 is 0. The van der Waals surface area contributed by atoms with Crippen LogP contribution in [-0.4, -0.2) is 52.8 Å². The average molecular weight is 337 g/mol. The summed E-state index contributed by atoms with van der Waals surface area (Å²) < 4.78 is 0. The van der Waals surface area contributed by atoms with Gasteiger partial charge in [0.1, 0.15) is 12.1 Å². The number of likely N-dealkylation sites (N-methyl/N-ethyl adjacent to an activating group) is 1. The van der Waals surface area contributed by atoms with Crippen molar-refractivity contribution in [2.45, 2.75) is 65.8 Å². The number of hydrogen-bond acceptors (Lipinski definition) is 3. The molecule has 1 heterocycles. The van der Waals surface area contributed by atoms with Gasteiger partial charge in [0.2, 0.25) is 5.91 Å². The molecule has 0 atom stereocenters. The topological polar surface area (TPSA) is 69.7 Å². The maximum atomic E-state index is 12.9. The molecule has 6 heteroatoms. The maximum absolute atomic E-state index is 12.9. The maximum Gasteiger partial charge on any atom is 0.325 e. The summed E-state index contributed by atoms with van der Waals surface area (Å²) in [5, 5.41) is 2.89. The molecule has 136 valence electrons. The molecule has 1 aliphatic heterocycles. The lowest BCUT2D eigenvalue weighted by atomic mass is 9.67. The monoisotopic (exact) mass is 337 g/mol. The molecule has 1 aliphatic carbocycles. The van der Waals surface area contributed by atoms with Gasteiger partial charge in [0.25, 0.3) is 5.91 Å². The molecule has 1 saturated carbocycles. The molecule has 1 spiro atoms. The first kappa shape index (κ1) is 18.7. The van der Waals surface area contributed by atoms with Crippen molar-refractivity contribution in [1.82, 2.24) is 15.1 Å². The Hall–Kier alpha value is -1.59. The van der Waals surface area contributed by atoms with Crippen LogP contribution in [0.4, 0.5) is 4.79 Å². The van der Waals surface area contributed by atoms with Crippen LogP contribution in [0.2, 0.25) is 0 Å². The summed E-state index contributed by atoms with van der Waals surface area (Å²) in [7, 11) is 0. The van der Waals surface area contributed by atoms with E-state index < -0.39 is 11.6 Å². The summed E-state index contributed by atoms with van der Waals surface area (Å²) in [6, 6.07) is -0.422. The van der Waals surface area contributed by atoms with Crippen LogP contribution in [0.3, 0.4) is 0 Å². The first-order valence-electron chi connectivity index (χ1n) is 9.06. The second kappa shape index (κ2) is 6.73. The second-order valence-corrected chi connectivity index (χ2v) is 8.11. The van der Waals surface area contributed by atoms with Gasteiger partial charge in [0, 0.05) is 13.1 Å². The van der Waals surface area contributed by atoms with Crippen LogP contribution in [0, 0.1) is 11.3 Å². The molecule has 0 aromatic carbocycles. The molecule has 24 heavy (non-hydrogen) atoms. The molecule has 2 rings (SSSR count). The highest BCUT2D eigenvalue weighted by atomic mass is 16.2. The number of rotatable bonds is 4. The molecule has 0 aromatic heterocycles. The zero-order valence-electron chi connectivity index (χ0n) is 15.6. The third kappa shape index (κ3) is 3.42. The molecule has 2 aliphatic rings. The van der Waals surface area contributed by atoms with Crippen molar-refractivity contribution in [2.24, 2.45) is 11.3 Å². The number of imide groups is 1. The van der Waals surface area contributed by atoms with Crippen LogP contribution in [0.15, 0.2) is 0 Å². The van der Waals surface area contributed by atoms with Crippen molar-refractivity contribution in [3.05, 3.63) is 0 Å². The van der Waals surface area contributed by atoms with Crippen molar-refractivity contribution in [1.29, 1.82) is 0 Å². The van der Waals surface area contributed by atoms with E-state index in [9.17, 15) is 14.4 Å². The zero-order chi connectivity index (χ0) is 18.1. The van der Waals surface area contributed by atoms with E-state index in [1.807, 2.05) is 13.8 Å². The van der Waals surface area contributed by atoms with Gasteiger partial charge in [0.15, 0.2) is 0 Å². The number of amides is 4. The predicted molar refractivity (Wildman–Crippen MR) is 92.3 cm³/mol. The number of carbonyl (C=O) groups excluding carboxylic acids is 3. The van der Waals surface area contributed by atoms with Gasteiger partial charge in [-0.05, 0) is 50.9 Å². The van der Waals surface area contributed by atoms with Crippen molar-refractivity contribution in [3.63, 3.8) is 0 Å². The summed E-state index contributed by atoms with van der Waals surface area (Å²) in [5.74, 6) is 0.156. The normalized spacial score (nSPS) is 27.5. The van der Waals surface area contributed by atoms with Gasteiger partial charge < -0.3 is 10.2 Å². The van der Waals surface area contributed by atoms with Crippen LogP contribution in [0.25, 0.3) is 0 Å². The summed E-state index contributed by atoms with van der Waals surface area (Å²) in [4.78, 5) is 40.2. The van der Waals surface area contributed by atoms with Crippen molar-refractivity contribution < 1.29 is 14.4 Å². The van der Waals surface area contributed by atoms with Gasteiger partial charge in [0.05, 0.1) is 0 Å². The quantitative estimate of drug-likeness (QED) is 0.801. The fourth-order valence-electron chi connectivity index (χ4n) is 3.95. The van der Waals surface area contributed by atoms with Gasteiger partial charge in [-0.25, -0.2) is 4.79 Å². The van der Waals surface area contributed by atoms with Gasteiger partial charge in [-0.1, -0.05) is 20.8 Å². The minimum atomic E-state index is -0.789. The standard InChI is InChI=1S/C18H31N3O3/c1-6-20(7-2)14(22)12-21-15(23)18(19-16(21)24)10-8-13(9-11-18)17(3,4)5/h13H,6-12H2,1-5H3,(H,19,24). The number of urea groups is 1. The number of nitrogens with one attached hydrogen (secondary N) is 1. The Labute approximate surface area is 144 Å². The second-order valence-electron chi connectivity index (χ2n) is 8.11. The van der Waals surface area contributed by atoms with E-state index in [4.69, 9.17) is 0 Å². The van der Waals surface area contributed by atoms with Crippen molar-refractivity contribution >= 4 is 17.8 Å². The van der Waals surface area contributed by atoms with Crippen LogP contribution in [0.1, 0.15) is 60.3 Å². The summed E-state index contributed by atoms with van der Waals surface area (Å²) in [6.45, 7) is 11.5. The van der Waals surface area contributed by atoms with E-state index in [-0.39, 0.29) is 23.8 Å². The highest BCUT2D eigenvalue weighted by Gasteiger charge is 2.53. The Morgan fingerprint density at radius 1 is 1.21 bits per heavy atom. The number of carbonyl (C=O) groups is 3. The fourth-order valence-corrected chi connectivity index (χ4v) is 3.95. The molecule has 6 nitrogen and oxygen atoms in total. The number of hydrogen-bond donors (Lipinski definition) is 1. The van der Waals surface area contributed by atoms with E-state index >= 15 is 0 Å². The van der Waals surface area contributed by atoms with Gasteiger partial charge in [-0.3, -0.25) is 14.5 Å². The third-order valence-corrected chi connectivity index (χ3v) is 5.72. The van der Waals surface area contributed by atoms with E-state index in [1.54, 1.807) is 4.90 Å². The van der Waals surface area contributed by atoms with Crippen LogP contribution < -0.4 is 5.32 Å². The predicted octanol–water partition coefficient (Wildman–Crippen LogP) is 2.38. The molecule has 0 radical (unpaired) electrons. The van der Waals surface area contributed by atoms with E-state index in [1.165, 1.54) is 0 Å². The van der Waals surface area contributed by atoms with Crippen molar-refractivity contribution in [3.8, 4) is 0 Å². The highest BCUT2D eigenvalue weighted by molar-refractivity contribution is 6.09. The molecular weight excluding hydrogens is 306 g/mol. The van der Waals surface area contributed by atoms with Gasteiger partial charge >= 0.3 is 6.03 Å². The van der Waals surface area contributed by atoms with E-state index in [2.05, 4.69) is 26.1 Å². The highest BCUT2D eigenvalue weighted by Crippen LogP contribution is 2.43. The molecule has 0 unspecified atom stereocenters. The molecule has 2 fully saturated rings. The van der Waals surface area contributed by atoms with Crippen LogP contribution in [0.5, 0.6) is 0 Å². The van der Waals surface area contributed by atoms with Crippen LogP contribution >= 0.6 is 0 Å². The first-order chi connectivity index (χ1) is 11.1. The number of nitrogens with zero attached hydrogens (tertiary/aromatic N) is 2. The zero-order valence-corrected chi connectivity index (χ0v) is 15.6. The minimum absolute atomic E-state index is 0.156. The smallest absolute Gasteiger partial charge is 0.325 e. The van der Waals surface area contributed by atoms with Crippen molar-refractivity contribution in [2.75, 3.05) is 19.6 Å². The Kier molecular flexibility index (Phi) is 5.25. The summed E-state index contributed by atoms with van der Waals surface area (Å²) in [6.07, 6.45) is 3.17. The largest absolute Gasteiger partial charge is 0.342 e. The molecule has 0 aromatic rings. The van der Waals surface area contributed by atoms with E-state index in [0.29, 0.717) is 31.8 Å². The molecule has 4 amide bonds. The average Bonchev–Trinajstić information content (AvgIpc) is 2.72. The SMILES string of the molecule is CCN(CC)C(=O)CN1C(=O)NC2(CCC(C(C)(C)C)CC2)C1=O. The van der Waals surface area contributed by atoms with Gasteiger partial charge in [-0.15, -0.1) is 0 Å². The molecule has 1 N–H and O–H groups in total. The van der Waals surface area contributed by atoms with Crippen LogP contribution in [-0.2, 0) is 9.59 Å². The lowest BCUT2D eigenvalue weighted by Gasteiger charge is -2.40. The minimum Gasteiger partial charge on any atom is -0.342 e. The Balaban J connectivity index is 2.06. The Morgan fingerprint density at radius 3 is 2.21 bits per heavy atom. The van der Waals surface area contributed by atoms with E-state index in [0.717, 1.165) is 17.7 Å². The lowest BCUT2D eigenvalue weighted by Crippen LogP contribution is -2.51. The Morgan fingerprint density at radius 2 is 1.75 bits per heavy atom. The van der Waals surface area contributed by atoms with Gasteiger partial charge in [-0.2, -0.15) is 0 Å². The summed E-state index contributed by atoms with van der Waals surface area (Å²) in [5.41, 5.74) is -0.575. The molecular formula is C18H31N3O3. The first-order valence-corrected chi connectivity index (χ1v) is 9.06. The fraction of sp³-hybridized carbons (Fsp3) is 0.833. The lowest BCUT2D eigenvalue weighted by molar-refractivity contribution is -0.139. The molecule has 0 bridgehead atoms.